The van der Waals surface area contributed by atoms with Crippen molar-refractivity contribution in [2.75, 3.05) is 7.05 Å². The number of hydrogen-bond acceptors (Lipinski definition) is 1. The maximum atomic E-state index is 2.63. The number of hydrogen-bond donors (Lipinski definition) is 0. The molecule has 0 aliphatic carbocycles. The number of halogens is 1. The Morgan fingerprint density at radius 3 is 2.48 bits per heavy atom. The summed E-state index contributed by atoms with van der Waals surface area (Å²) in [5.41, 5.74) is 6.22. The number of rotatable bonds is 1. The summed E-state index contributed by atoms with van der Waals surface area (Å²) in [7, 11) is 2.32. The molecule has 2 aromatic carbocycles. The minimum atomic E-state index is 0. The van der Waals surface area contributed by atoms with Crippen LogP contribution in [0.2, 0.25) is 0 Å². The highest BCUT2D eigenvalue weighted by Crippen LogP contribution is 2.54. The molecule has 2 aromatic rings. The van der Waals surface area contributed by atoms with Crippen LogP contribution < -0.4 is 0 Å². The third-order valence-corrected chi connectivity index (χ3v) is 5.50. The summed E-state index contributed by atoms with van der Waals surface area (Å²) < 4.78 is 0. The number of benzene rings is 2. The van der Waals surface area contributed by atoms with Gasteiger partial charge in [0.05, 0.1) is 5.54 Å². The average molecular weight is 300 g/mol. The van der Waals surface area contributed by atoms with Gasteiger partial charge in [0.25, 0.3) is 0 Å². The Morgan fingerprint density at radius 2 is 1.71 bits per heavy atom. The first-order valence-corrected chi connectivity index (χ1v) is 7.69. The Hall–Kier alpha value is -1.31. The van der Waals surface area contributed by atoms with Crippen molar-refractivity contribution in [1.82, 2.24) is 4.90 Å². The highest BCUT2D eigenvalue weighted by atomic mass is 35.5. The average Bonchev–Trinajstić information content (AvgIpc) is 2.65. The molecule has 2 atom stereocenters. The zero-order chi connectivity index (χ0) is 13.7. The van der Waals surface area contributed by atoms with E-state index in [9.17, 15) is 0 Å². The first kappa shape index (κ1) is 14.6. The first-order chi connectivity index (χ1) is 9.79. The molecule has 2 aliphatic heterocycles. The van der Waals surface area contributed by atoms with Gasteiger partial charge in [0.1, 0.15) is 0 Å². The molecular formula is C19H22ClN. The molecule has 0 radical (unpaired) electrons. The van der Waals surface area contributed by atoms with E-state index in [2.05, 4.69) is 67.4 Å². The van der Waals surface area contributed by atoms with Crippen molar-refractivity contribution >= 4 is 12.4 Å². The van der Waals surface area contributed by atoms with E-state index in [-0.39, 0.29) is 17.9 Å². The maximum Gasteiger partial charge on any atom is 0.0721 e. The van der Waals surface area contributed by atoms with Crippen LogP contribution in [0.5, 0.6) is 0 Å². The van der Waals surface area contributed by atoms with E-state index < -0.39 is 0 Å². The van der Waals surface area contributed by atoms with E-state index >= 15 is 0 Å². The van der Waals surface area contributed by atoms with E-state index in [1.165, 1.54) is 24.0 Å². The van der Waals surface area contributed by atoms with Crippen molar-refractivity contribution in [3.8, 4) is 0 Å². The summed E-state index contributed by atoms with van der Waals surface area (Å²) in [5, 5.41) is 0. The Bertz CT molecular complexity index is 666. The Morgan fingerprint density at radius 1 is 1.05 bits per heavy atom. The van der Waals surface area contributed by atoms with Crippen molar-refractivity contribution in [3.05, 3.63) is 70.8 Å². The van der Waals surface area contributed by atoms with Crippen LogP contribution in [0.1, 0.15) is 48.1 Å². The smallest absolute Gasteiger partial charge is 0.0721 e. The topological polar surface area (TPSA) is 3.24 Å². The lowest BCUT2D eigenvalue weighted by Gasteiger charge is -2.38. The van der Waals surface area contributed by atoms with E-state index in [1.54, 1.807) is 11.1 Å². The maximum absolute atomic E-state index is 2.63. The normalized spacial score (nSPS) is 26.5. The van der Waals surface area contributed by atoms with Gasteiger partial charge in [-0.3, -0.25) is 4.90 Å². The zero-order valence-electron chi connectivity index (χ0n) is 12.7. The van der Waals surface area contributed by atoms with Crippen molar-refractivity contribution in [1.29, 1.82) is 0 Å². The molecule has 2 heteroatoms. The quantitative estimate of drug-likeness (QED) is 0.738. The summed E-state index contributed by atoms with van der Waals surface area (Å²) in [6.07, 6.45) is 3.56. The lowest BCUT2D eigenvalue weighted by Crippen LogP contribution is -2.40. The van der Waals surface area contributed by atoms with Gasteiger partial charge in [-0.2, -0.15) is 0 Å². The van der Waals surface area contributed by atoms with Gasteiger partial charge in [-0.15, -0.1) is 12.4 Å². The second kappa shape index (κ2) is 5.15. The Labute approximate surface area is 133 Å². The molecule has 2 aliphatic rings. The predicted octanol–water partition coefficient (Wildman–Crippen LogP) is 4.69. The van der Waals surface area contributed by atoms with E-state index in [0.717, 1.165) is 6.42 Å². The molecule has 0 N–H and O–H groups in total. The van der Waals surface area contributed by atoms with Gasteiger partial charge in [-0.1, -0.05) is 55.5 Å². The van der Waals surface area contributed by atoms with Gasteiger partial charge < -0.3 is 0 Å². The molecule has 0 fully saturated rings. The predicted molar refractivity (Wildman–Crippen MR) is 90.0 cm³/mol. The molecule has 0 saturated carbocycles. The van der Waals surface area contributed by atoms with Gasteiger partial charge in [0, 0.05) is 6.04 Å². The third-order valence-electron chi connectivity index (χ3n) is 5.50. The lowest BCUT2D eigenvalue weighted by atomic mass is 9.77. The number of aryl methyl sites for hydroxylation is 1. The molecule has 0 spiro atoms. The Balaban J connectivity index is 0.00000132. The van der Waals surface area contributed by atoms with Gasteiger partial charge in [-0.05, 0) is 48.6 Å². The summed E-state index contributed by atoms with van der Waals surface area (Å²) in [5.74, 6) is 0. The molecule has 2 bridgehead atoms. The second-order valence-corrected chi connectivity index (χ2v) is 6.12. The van der Waals surface area contributed by atoms with E-state index in [1.807, 2.05) is 0 Å². The molecule has 21 heavy (non-hydrogen) atoms. The van der Waals surface area contributed by atoms with Crippen LogP contribution >= 0.6 is 12.4 Å². The fourth-order valence-electron chi connectivity index (χ4n) is 4.58. The van der Waals surface area contributed by atoms with Crippen molar-refractivity contribution in [3.63, 3.8) is 0 Å². The summed E-state index contributed by atoms with van der Waals surface area (Å²) >= 11 is 0. The van der Waals surface area contributed by atoms with Crippen LogP contribution in [0.3, 0.4) is 0 Å². The molecule has 0 aromatic heterocycles. The third kappa shape index (κ3) is 1.74. The fraction of sp³-hybridized carbons (Fsp3) is 0.368. The monoisotopic (exact) mass is 299 g/mol. The van der Waals surface area contributed by atoms with Gasteiger partial charge in [0.15, 0.2) is 0 Å². The van der Waals surface area contributed by atoms with Crippen LogP contribution in [-0.4, -0.2) is 11.9 Å². The van der Waals surface area contributed by atoms with E-state index in [4.69, 9.17) is 0 Å². The van der Waals surface area contributed by atoms with Crippen LogP contribution in [0.15, 0.2) is 48.5 Å². The van der Waals surface area contributed by atoms with Crippen LogP contribution in [-0.2, 0) is 12.0 Å². The van der Waals surface area contributed by atoms with Crippen molar-refractivity contribution in [2.24, 2.45) is 0 Å². The fourth-order valence-corrected chi connectivity index (χ4v) is 4.58. The summed E-state index contributed by atoms with van der Waals surface area (Å²) in [4.78, 5) is 2.63. The zero-order valence-corrected chi connectivity index (χ0v) is 13.5. The van der Waals surface area contributed by atoms with Gasteiger partial charge >= 0.3 is 0 Å². The standard InChI is InChI=1S/C19H21N.ClH/c1-3-19-16-10-6-4-8-14(16)12-13-18(20(19)2)15-9-5-7-11-17(15)19;/h4-11,18H,3,12-13H2,1-2H3;1H. The second-order valence-electron chi connectivity index (χ2n) is 6.12. The highest BCUT2D eigenvalue weighted by molar-refractivity contribution is 5.85. The largest absolute Gasteiger partial charge is 0.286 e. The highest BCUT2D eigenvalue weighted by Gasteiger charge is 2.50. The molecule has 1 nitrogen and oxygen atoms in total. The molecule has 2 heterocycles. The van der Waals surface area contributed by atoms with E-state index in [0.29, 0.717) is 6.04 Å². The molecule has 0 amide bonds. The van der Waals surface area contributed by atoms with Gasteiger partial charge in [0.2, 0.25) is 0 Å². The first-order valence-electron chi connectivity index (χ1n) is 7.69. The SMILES string of the molecule is CCC12c3ccccc3CCC(c3ccccc31)N2C.Cl. The summed E-state index contributed by atoms with van der Waals surface area (Å²) in [6.45, 7) is 2.33. The Kier molecular flexibility index (Phi) is 3.59. The molecule has 110 valence electrons. The van der Waals surface area contributed by atoms with Crippen LogP contribution in [0.25, 0.3) is 0 Å². The van der Waals surface area contributed by atoms with Crippen LogP contribution in [0, 0.1) is 0 Å². The molecule has 2 unspecified atom stereocenters. The molecular weight excluding hydrogens is 278 g/mol. The van der Waals surface area contributed by atoms with Crippen molar-refractivity contribution < 1.29 is 0 Å². The number of nitrogens with zero attached hydrogens (tertiary/aromatic N) is 1. The lowest BCUT2D eigenvalue weighted by molar-refractivity contribution is 0.131. The summed E-state index contributed by atoms with van der Waals surface area (Å²) in [6, 6.07) is 18.7. The minimum absolute atomic E-state index is 0. The molecule has 0 saturated heterocycles. The molecule has 4 rings (SSSR count). The minimum Gasteiger partial charge on any atom is -0.286 e. The number of fused-ring (bicyclic) bond motifs is 7. The van der Waals surface area contributed by atoms with Crippen molar-refractivity contribution in [2.45, 2.75) is 37.8 Å². The van der Waals surface area contributed by atoms with Crippen LogP contribution in [0.4, 0.5) is 0 Å². The van der Waals surface area contributed by atoms with Gasteiger partial charge in [-0.25, -0.2) is 0 Å².